The van der Waals surface area contributed by atoms with Gasteiger partial charge in [0.15, 0.2) is 0 Å². The first-order chi connectivity index (χ1) is 11.8. The lowest BCUT2D eigenvalue weighted by molar-refractivity contribution is -0.141. The van der Waals surface area contributed by atoms with Gasteiger partial charge in [0.25, 0.3) is 11.5 Å². The molecule has 0 aliphatic heterocycles. The van der Waals surface area contributed by atoms with E-state index in [-0.39, 0.29) is 6.54 Å². The first-order valence-corrected chi connectivity index (χ1v) is 7.26. The van der Waals surface area contributed by atoms with Gasteiger partial charge in [-0.05, 0) is 24.3 Å². The molecular formula is C16H13F3N4O2. The number of alkyl halides is 3. The molecule has 0 bridgehead atoms. The second-order valence-corrected chi connectivity index (χ2v) is 5.37. The highest BCUT2D eigenvalue weighted by molar-refractivity contribution is 5.93. The molecule has 1 amide bonds. The van der Waals surface area contributed by atoms with Crippen LogP contribution >= 0.6 is 0 Å². The van der Waals surface area contributed by atoms with E-state index in [4.69, 9.17) is 0 Å². The number of aryl methyl sites for hydroxylation is 1. The number of rotatable bonds is 3. The maximum absolute atomic E-state index is 12.5. The normalized spacial score (nSPS) is 11.7. The largest absolute Gasteiger partial charge is 0.431 e. The predicted molar refractivity (Wildman–Crippen MR) is 83.9 cm³/mol. The van der Waals surface area contributed by atoms with Crippen molar-refractivity contribution in [2.75, 3.05) is 0 Å². The van der Waals surface area contributed by atoms with Crippen LogP contribution in [0.3, 0.4) is 0 Å². The van der Waals surface area contributed by atoms with Crippen LogP contribution in [0.25, 0.3) is 11.0 Å². The number of para-hydroxylation sites is 2. The summed E-state index contributed by atoms with van der Waals surface area (Å²) in [5.41, 5.74) is -1.07. The number of halogens is 3. The number of aromatic nitrogens is 3. The van der Waals surface area contributed by atoms with E-state index in [2.05, 4.69) is 10.3 Å². The number of fused-ring (bicyclic) bond motifs is 1. The molecule has 0 saturated heterocycles. The summed E-state index contributed by atoms with van der Waals surface area (Å²) in [5.74, 6) is -0.222. The molecule has 0 fully saturated rings. The van der Waals surface area contributed by atoms with Crippen LogP contribution in [0.15, 0.2) is 41.2 Å². The van der Waals surface area contributed by atoms with Crippen LogP contribution in [-0.4, -0.2) is 20.4 Å². The number of carbonyl (C=O) groups excluding carboxylic acids is 1. The molecule has 0 saturated carbocycles. The Bertz CT molecular complexity index is 1000. The summed E-state index contributed by atoms with van der Waals surface area (Å²) in [6.45, 7) is 0.0322. The molecule has 0 radical (unpaired) electrons. The molecule has 1 aromatic carbocycles. The van der Waals surface area contributed by atoms with E-state index in [0.717, 1.165) is 17.1 Å². The number of benzene rings is 1. The summed E-state index contributed by atoms with van der Waals surface area (Å²) in [6, 6.07) is 8.89. The molecule has 9 heteroatoms. The van der Waals surface area contributed by atoms with Crippen LogP contribution in [0.4, 0.5) is 13.2 Å². The van der Waals surface area contributed by atoms with Crippen molar-refractivity contribution >= 4 is 16.9 Å². The van der Waals surface area contributed by atoms with Gasteiger partial charge in [0.2, 0.25) is 0 Å². The number of pyridine rings is 1. The topological polar surface area (TPSA) is 79.8 Å². The monoisotopic (exact) mass is 350 g/mol. The van der Waals surface area contributed by atoms with Crippen molar-refractivity contribution in [1.29, 1.82) is 0 Å². The van der Waals surface area contributed by atoms with Gasteiger partial charge in [-0.3, -0.25) is 9.59 Å². The van der Waals surface area contributed by atoms with Crippen molar-refractivity contribution in [3.8, 4) is 0 Å². The number of aromatic amines is 1. The van der Waals surface area contributed by atoms with Gasteiger partial charge in [-0.15, -0.1) is 0 Å². The van der Waals surface area contributed by atoms with E-state index >= 15 is 0 Å². The van der Waals surface area contributed by atoms with Crippen LogP contribution in [0.2, 0.25) is 0 Å². The van der Waals surface area contributed by atoms with Gasteiger partial charge in [-0.1, -0.05) is 12.1 Å². The third-order valence-corrected chi connectivity index (χ3v) is 3.75. The fraction of sp³-hybridized carbons (Fsp3) is 0.188. The smallest absolute Gasteiger partial charge is 0.345 e. The summed E-state index contributed by atoms with van der Waals surface area (Å²) in [7, 11) is 1.78. The zero-order valence-electron chi connectivity index (χ0n) is 13.0. The summed E-state index contributed by atoms with van der Waals surface area (Å²) in [4.78, 5) is 29.8. The highest BCUT2D eigenvalue weighted by atomic mass is 19.4. The van der Waals surface area contributed by atoms with E-state index < -0.39 is 28.9 Å². The van der Waals surface area contributed by atoms with Crippen molar-refractivity contribution < 1.29 is 18.0 Å². The highest BCUT2D eigenvalue weighted by Crippen LogP contribution is 2.26. The number of amides is 1. The number of hydrogen-bond donors (Lipinski definition) is 2. The molecule has 130 valence electrons. The molecule has 0 aliphatic carbocycles. The van der Waals surface area contributed by atoms with Gasteiger partial charge in [0.05, 0.1) is 17.6 Å². The summed E-state index contributed by atoms with van der Waals surface area (Å²) in [6.07, 6.45) is -4.68. The average Bonchev–Trinajstić information content (AvgIpc) is 2.88. The fourth-order valence-electron chi connectivity index (χ4n) is 2.43. The van der Waals surface area contributed by atoms with Gasteiger partial charge in [-0.2, -0.15) is 13.2 Å². The van der Waals surface area contributed by atoms with Crippen molar-refractivity contribution in [2.24, 2.45) is 7.05 Å². The fourth-order valence-corrected chi connectivity index (χ4v) is 2.43. The van der Waals surface area contributed by atoms with Gasteiger partial charge in [0, 0.05) is 7.05 Å². The Morgan fingerprint density at radius 3 is 2.60 bits per heavy atom. The predicted octanol–water partition coefficient (Wildman–Crippen LogP) is 2.21. The second kappa shape index (κ2) is 6.08. The Morgan fingerprint density at radius 1 is 1.24 bits per heavy atom. The Morgan fingerprint density at radius 2 is 1.96 bits per heavy atom. The maximum atomic E-state index is 12.5. The Hall–Kier alpha value is -3.10. The molecule has 2 aromatic heterocycles. The van der Waals surface area contributed by atoms with Crippen LogP contribution in [0.5, 0.6) is 0 Å². The number of H-pyrrole nitrogens is 1. The minimum Gasteiger partial charge on any atom is -0.345 e. The lowest BCUT2D eigenvalue weighted by atomic mass is 10.2. The molecule has 0 spiro atoms. The van der Waals surface area contributed by atoms with E-state index in [1.165, 1.54) is 0 Å². The van der Waals surface area contributed by atoms with Crippen LogP contribution in [-0.2, 0) is 19.8 Å². The maximum Gasteiger partial charge on any atom is 0.431 e. The van der Waals surface area contributed by atoms with Crippen LogP contribution < -0.4 is 10.9 Å². The molecular weight excluding hydrogens is 337 g/mol. The standard InChI is InChI=1S/C16H13F3N4O2/c1-23-11-5-3-2-4-10(11)21-13(23)8-20-14(24)9-6-7-12(16(17,18)19)22-15(9)25/h2-7H,8H2,1H3,(H,20,24)(H,22,25). The summed E-state index contributed by atoms with van der Waals surface area (Å²) < 4.78 is 39.4. The SMILES string of the molecule is Cn1c(CNC(=O)c2ccc(C(F)(F)F)[nH]c2=O)nc2ccccc21. The number of hydrogen-bond acceptors (Lipinski definition) is 3. The van der Waals surface area contributed by atoms with Crippen molar-refractivity contribution in [1.82, 2.24) is 19.9 Å². The Labute approximate surface area is 139 Å². The van der Waals surface area contributed by atoms with Crippen molar-refractivity contribution in [3.63, 3.8) is 0 Å². The molecule has 3 rings (SSSR count). The first-order valence-electron chi connectivity index (χ1n) is 7.26. The minimum absolute atomic E-state index is 0.0322. The molecule has 2 N–H and O–H groups in total. The first kappa shape index (κ1) is 16.7. The molecule has 6 nitrogen and oxygen atoms in total. The van der Waals surface area contributed by atoms with Gasteiger partial charge in [0.1, 0.15) is 17.1 Å². The van der Waals surface area contributed by atoms with E-state index in [0.29, 0.717) is 11.9 Å². The summed E-state index contributed by atoms with van der Waals surface area (Å²) in [5, 5.41) is 2.49. The van der Waals surface area contributed by atoms with Crippen molar-refractivity contribution in [2.45, 2.75) is 12.7 Å². The Balaban J connectivity index is 1.78. The van der Waals surface area contributed by atoms with Crippen LogP contribution in [0.1, 0.15) is 21.9 Å². The zero-order valence-corrected chi connectivity index (χ0v) is 13.0. The second-order valence-electron chi connectivity index (χ2n) is 5.37. The quantitative estimate of drug-likeness (QED) is 0.760. The number of nitrogens with zero attached hydrogens (tertiary/aromatic N) is 2. The molecule has 25 heavy (non-hydrogen) atoms. The number of carbonyl (C=O) groups is 1. The van der Waals surface area contributed by atoms with Crippen LogP contribution in [0, 0.1) is 0 Å². The van der Waals surface area contributed by atoms with Gasteiger partial charge in [-0.25, -0.2) is 4.98 Å². The molecule has 2 heterocycles. The number of imidazole rings is 1. The third kappa shape index (κ3) is 3.25. The molecule has 0 unspecified atom stereocenters. The zero-order chi connectivity index (χ0) is 18.2. The lowest BCUT2D eigenvalue weighted by Gasteiger charge is -2.08. The number of nitrogens with one attached hydrogen (secondary N) is 2. The molecule has 0 aliphatic rings. The third-order valence-electron chi connectivity index (χ3n) is 3.75. The Kier molecular flexibility index (Phi) is 4.07. The molecule has 0 atom stereocenters. The summed E-state index contributed by atoms with van der Waals surface area (Å²) >= 11 is 0. The van der Waals surface area contributed by atoms with E-state index in [1.807, 2.05) is 24.3 Å². The van der Waals surface area contributed by atoms with Gasteiger partial charge >= 0.3 is 6.18 Å². The minimum atomic E-state index is -4.68. The lowest BCUT2D eigenvalue weighted by Crippen LogP contribution is -2.31. The van der Waals surface area contributed by atoms with Crippen molar-refractivity contribution in [3.05, 3.63) is 63.8 Å². The van der Waals surface area contributed by atoms with Gasteiger partial charge < -0.3 is 14.9 Å². The molecule has 3 aromatic rings. The highest BCUT2D eigenvalue weighted by Gasteiger charge is 2.32. The average molecular weight is 350 g/mol. The van der Waals surface area contributed by atoms with E-state index in [1.54, 1.807) is 16.6 Å². The van der Waals surface area contributed by atoms with E-state index in [9.17, 15) is 22.8 Å².